The van der Waals surface area contributed by atoms with Crippen LogP contribution >= 0.6 is 0 Å². The molecule has 0 atom stereocenters. The average molecular weight is 409 g/mol. The highest BCUT2D eigenvalue weighted by molar-refractivity contribution is 6.02. The molecule has 1 heterocycles. The minimum absolute atomic E-state index is 0.0933. The van der Waals surface area contributed by atoms with Crippen molar-refractivity contribution in [1.29, 1.82) is 0 Å². The van der Waals surface area contributed by atoms with E-state index in [2.05, 4.69) is 39.8 Å². The molecule has 3 rings (SSSR count). The van der Waals surface area contributed by atoms with Crippen LogP contribution in [0.15, 0.2) is 48.5 Å². The number of hydrazine groups is 1. The number of amides is 2. The Hall–Kier alpha value is -3.88. The highest BCUT2D eigenvalue weighted by Gasteiger charge is 2.17. The zero-order valence-corrected chi connectivity index (χ0v) is 16.8. The first-order chi connectivity index (χ1) is 14.5. The summed E-state index contributed by atoms with van der Waals surface area (Å²) in [7, 11) is 0. The summed E-state index contributed by atoms with van der Waals surface area (Å²) >= 11 is 0. The second kappa shape index (κ2) is 9.55. The monoisotopic (exact) mass is 409 g/mol. The van der Waals surface area contributed by atoms with Gasteiger partial charge in [-0.25, -0.2) is 4.79 Å². The van der Waals surface area contributed by atoms with Crippen LogP contribution in [-0.4, -0.2) is 47.7 Å². The number of rotatable bonds is 7. The number of aromatic nitrogens is 2. The second-order valence-corrected chi connectivity index (χ2v) is 6.42. The summed E-state index contributed by atoms with van der Waals surface area (Å²) in [5, 5.41) is 7.24. The standard InChI is InChI=1S/C21H23N5O4/c1-3-26(4-2)15-11-9-14(10-12-15)20(28)25-23-18(27)13-30-21(29)19-16-7-5-6-8-17(16)22-24-19/h5-12H,3-4,13H2,1-2H3,(H,22,24)(H,23,27)(H,25,28). The summed E-state index contributed by atoms with van der Waals surface area (Å²) in [6, 6.07) is 14.1. The molecular formula is C21H23N5O4. The molecule has 3 N–H and O–H groups in total. The number of ether oxygens (including phenoxy) is 1. The van der Waals surface area contributed by atoms with Gasteiger partial charge in [-0.1, -0.05) is 18.2 Å². The summed E-state index contributed by atoms with van der Waals surface area (Å²) in [6.07, 6.45) is 0. The Labute approximate surface area is 173 Å². The van der Waals surface area contributed by atoms with Crippen molar-refractivity contribution in [3.05, 3.63) is 59.8 Å². The lowest BCUT2D eigenvalue weighted by molar-refractivity contribution is -0.125. The van der Waals surface area contributed by atoms with E-state index in [-0.39, 0.29) is 5.69 Å². The maximum absolute atomic E-state index is 12.2. The molecule has 0 saturated carbocycles. The molecule has 0 bridgehead atoms. The smallest absolute Gasteiger partial charge is 0.359 e. The van der Waals surface area contributed by atoms with Gasteiger partial charge in [0.15, 0.2) is 12.3 Å². The third kappa shape index (κ3) is 4.75. The number of aromatic amines is 1. The van der Waals surface area contributed by atoms with Crippen molar-refractivity contribution in [1.82, 2.24) is 21.0 Å². The molecule has 0 radical (unpaired) electrons. The van der Waals surface area contributed by atoms with Crippen molar-refractivity contribution in [2.45, 2.75) is 13.8 Å². The zero-order valence-electron chi connectivity index (χ0n) is 16.8. The predicted molar refractivity (Wildman–Crippen MR) is 112 cm³/mol. The first kappa shape index (κ1) is 20.8. The van der Waals surface area contributed by atoms with Crippen molar-refractivity contribution in [2.24, 2.45) is 0 Å². The third-order valence-corrected chi connectivity index (χ3v) is 4.57. The summed E-state index contributed by atoms with van der Waals surface area (Å²) < 4.78 is 4.97. The van der Waals surface area contributed by atoms with Gasteiger partial charge in [-0.05, 0) is 44.2 Å². The van der Waals surface area contributed by atoms with Crippen molar-refractivity contribution < 1.29 is 19.1 Å². The number of para-hydroxylation sites is 1. The molecule has 1 aromatic heterocycles. The van der Waals surface area contributed by atoms with Gasteiger partial charge in [0.1, 0.15) is 0 Å². The fourth-order valence-corrected chi connectivity index (χ4v) is 2.97. The van der Waals surface area contributed by atoms with Gasteiger partial charge in [-0.15, -0.1) is 0 Å². The Morgan fingerprint density at radius 3 is 2.40 bits per heavy atom. The number of nitrogens with one attached hydrogen (secondary N) is 3. The molecule has 0 aliphatic rings. The number of hydrogen-bond donors (Lipinski definition) is 3. The molecule has 3 aromatic rings. The zero-order chi connectivity index (χ0) is 21.5. The molecule has 30 heavy (non-hydrogen) atoms. The first-order valence-corrected chi connectivity index (χ1v) is 9.57. The number of fused-ring (bicyclic) bond motifs is 1. The van der Waals surface area contributed by atoms with E-state index in [1.54, 1.807) is 30.3 Å². The van der Waals surface area contributed by atoms with Crippen LogP contribution in [0.1, 0.15) is 34.7 Å². The molecule has 0 aliphatic carbocycles. The molecule has 2 aromatic carbocycles. The van der Waals surface area contributed by atoms with Gasteiger partial charge in [-0.3, -0.25) is 25.5 Å². The lowest BCUT2D eigenvalue weighted by Gasteiger charge is -2.21. The van der Waals surface area contributed by atoms with Crippen LogP contribution < -0.4 is 15.8 Å². The van der Waals surface area contributed by atoms with Gasteiger partial charge in [-0.2, -0.15) is 5.10 Å². The highest BCUT2D eigenvalue weighted by Crippen LogP contribution is 2.16. The van der Waals surface area contributed by atoms with E-state index in [9.17, 15) is 14.4 Å². The van der Waals surface area contributed by atoms with Crippen LogP contribution in [0.4, 0.5) is 5.69 Å². The third-order valence-electron chi connectivity index (χ3n) is 4.57. The van der Waals surface area contributed by atoms with Crippen molar-refractivity contribution in [2.75, 3.05) is 24.6 Å². The minimum Gasteiger partial charge on any atom is -0.451 e. The lowest BCUT2D eigenvalue weighted by atomic mass is 10.2. The van der Waals surface area contributed by atoms with Crippen molar-refractivity contribution in [3.63, 3.8) is 0 Å². The van der Waals surface area contributed by atoms with Crippen LogP contribution in [0.25, 0.3) is 10.9 Å². The molecular weight excluding hydrogens is 386 g/mol. The number of benzene rings is 2. The van der Waals surface area contributed by atoms with E-state index in [1.807, 2.05) is 18.2 Å². The SMILES string of the molecule is CCN(CC)c1ccc(C(=O)NNC(=O)COC(=O)c2n[nH]c3ccccc23)cc1. The summed E-state index contributed by atoms with van der Waals surface area (Å²) in [4.78, 5) is 38.4. The normalized spacial score (nSPS) is 10.5. The van der Waals surface area contributed by atoms with Crippen LogP contribution in [0.3, 0.4) is 0 Å². The number of carbonyl (C=O) groups excluding carboxylic acids is 3. The summed E-state index contributed by atoms with van der Waals surface area (Å²) in [6.45, 7) is 5.29. The quantitative estimate of drug-likeness (QED) is 0.406. The molecule has 0 aliphatic heterocycles. The average Bonchev–Trinajstić information content (AvgIpc) is 3.21. The fourth-order valence-electron chi connectivity index (χ4n) is 2.97. The van der Waals surface area contributed by atoms with Crippen LogP contribution in [0.2, 0.25) is 0 Å². The topological polar surface area (TPSA) is 116 Å². The van der Waals surface area contributed by atoms with E-state index in [0.717, 1.165) is 18.8 Å². The molecule has 156 valence electrons. The number of carbonyl (C=O) groups is 3. The van der Waals surface area contributed by atoms with Gasteiger partial charge in [0.05, 0.1) is 5.52 Å². The maximum atomic E-state index is 12.2. The Balaban J connectivity index is 1.48. The fraction of sp³-hybridized carbons (Fsp3) is 0.238. The van der Waals surface area contributed by atoms with Crippen molar-refractivity contribution >= 4 is 34.4 Å². The van der Waals surface area contributed by atoms with Crippen molar-refractivity contribution in [3.8, 4) is 0 Å². The predicted octanol–water partition coefficient (Wildman–Crippen LogP) is 2.03. The molecule has 0 unspecified atom stereocenters. The summed E-state index contributed by atoms with van der Waals surface area (Å²) in [5.74, 6) is -1.88. The lowest BCUT2D eigenvalue weighted by Crippen LogP contribution is -2.43. The summed E-state index contributed by atoms with van der Waals surface area (Å²) in [5.41, 5.74) is 6.71. The van der Waals surface area contributed by atoms with Gasteiger partial charge < -0.3 is 9.64 Å². The van der Waals surface area contributed by atoms with Gasteiger partial charge >= 0.3 is 5.97 Å². The van der Waals surface area contributed by atoms with E-state index in [4.69, 9.17) is 4.74 Å². The maximum Gasteiger partial charge on any atom is 0.359 e. The second-order valence-electron chi connectivity index (χ2n) is 6.42. The molecule has 2 amide bonds. The molecule has 0 fully saturated rings. The van der Waals surface area contributed by atoms with Gasteiger partial charge in [0, 0.05) is 29.7 Å². The molecule has 9 heteroatoms. The van der Waals surface area contributed by atoms with E-state index in [1.165, 1.54) is 0 Å². The largest absolute Gasteiger partial charge is 0.451 e. The van der Waals surface area contributed by atoms with Gasteiger partial charge in [0.25, 0.3) is 11.8 Å². The Morgan fingerprint density at radius 1 is 1.00 bits per heavy atom. The van der Waals surface area contributed by atoms with E-state index >= 15 is 0 Å². The number of H-pyrrole nitrogens is 1. The molecule has 0 saturated heterocycles. The van der Waals surface area contributed by atoms with Crippen LogP contribution in [0.5, 0.6) is 0 Å². The number of hydrogen-bond acceptors (Lipinski definition) is 6. The molecule has 0 spiro atoms. The highest BCUT2D eigenvalue weighted by atomic mass is 16.5. The Morgan fingerprint density at radius 2 is 1.70 bits per heavy atom. The molecule has 9 nitrogen and oxygen atoms in total. The van der Waals surface area contributed by atoms with E-state index in [0.29, 0.717) is 16.5 Å². The Kier molecular flexibility index (Phi) is 6.63. The van der Waals surface area contributed by atoms with Crippen LogP contribution in [0, 0.1) is 0 Å². The first-order valence-electron chi connectivity index (χ1n) is 9.57. The number of nitrogens with zero attached hydrogens (tertiary/aromatic N) is 2. The Bertz CT molecular complexity index is 1040. The number of esters is 1. The van der Waals surface area contributed by atoms with E-state index < -0.39 is 24.4 Å². The number of anilines is 1. The van der Waals surface area contributed by atoms with Gasteiger partial charge in [0.2, 0.25) is 0 Å². The minimum atomic E-state index is -0.735. The van der Waals surface area contributed by atoms with Crippen LogP contribution in [-0.2, 0) is 9.53 Å².